The largest absolute Gasteiger partial charge is 0.360 e. The van der Waals surface area contributed by atoms with Crippen molar-refractivity contribution in [2.24, 2.45) is 0 Å². The van der Waals surface area contributed by atoms with Crippen LogP contribution in [0.2, 0.25) is 0 Å². The summed E-state index contributed by atoms with van der Waals surface area (Å²) < 4.78 is 0. The van der Waals surface area contributed by atoms with Gasteiger partial charge in [-0.2, -0.15) is 0 Å². The molecule has 3 rings (SSSR count). The molecule has 0 aliphatic carbocycles. The second kappa shape index (κ2) is 7.63. The zero-order chi connectivity index (χ0) is 18.8. The Morgan fingerprint density at radius 2 is 1.62 bits per heavy atom. The Hall–Kier alpha value is -2.13. The topological polar surface area (TPSA) is 24.8 Å². The van der Waals surface area contributed by atoms with Crippen molar-refractivity contribution in [2.75, 3.05) is 31.1 Å². The number of benzene rings is 2. The van der Waals surface area contributed by atoms with E-state index in [-0.39, 0.29) is 0 Å². The van der Waals surface area contributed by atoms with Crippen molar-refractivity contribution in [3.8, 4) is 0 Å². The minimum Gasteiger partial charge on any atom is -0.360 e. The molecule has 1 N–H and O–H groups in total. The van der Waals surface area contributed by atoms with E-state index in [0.717, 1.165) is 43.6 Å². The molecule has 0 saturated carbocycles. The monoisotopic (exact) mass is 351 g/mol. The predicted molar refractivity (Wildman–Crippen MR) is 109 cm³/mol. The molecule has 1 fully saturated rings. The van der Waals surface area contributed by atoms with Gasteiger partial charge in [-0.1, -0.05) is 12.1 Å². The third kappa shape index (κ3) is 3.68. The summed E-state index contributed by atoms with van der Waals surface area (Å²) in [5, 5.41) is 0. The number of nitrogens with one attached hydrogen (secondary N) is 1. The lowest BCUT2D eigenvalue weighted by molar-refractivity contribution is -0.930. The number of hydrogen-bond donors (Lipinski definition) is 1. The maximum absolute atomic E-state index is 11.1. The van der Waals surface area contributed by atoms with E-state index < -0.39 is 0 Å². The third-order valence-corrected chi connectivity index (χ3v) is 6.10. The molecule has 0 unspecified atom stereocenters. The van der Waals surface area contributed by atoms with Crippen LogP contribution in [0.1, 0.15) is 51.1 Å². The van der Waals surface area contributed by atoms with Crippen LogP contribution in [0.25, 0.3) is 0 Å². The Labute approximate surface area is 157 Å². The summed E-state index contributed by atoms with van der Waals surface area (Å²) in [5.74, 6) is 0. The number of carbonyl (C=O) groups excluding carboxylic acids is 1. The molecule has 1 aliphatic rings. The second-order valence-corrected chi connectivity index (χ2v) is 7.82. The van der Waals surface area contributed by atoms with Crippen LogP contribution in [0, 0.1) is 27.7 Å². The maximum Gasteiger partial charge on any atom is 0.150 e. The number of aryl methyl sites for hydroxylation is 4. The zero-order valence-corrected chi connectivity index (χ0v) is 16.7. The number of rotatable bonds is 4. The molecular weight excluding hydrogens is 320 g/mol. The molecule has 1 atom stereocenters. The molecule has 2 aromatic carbocycles. The lowest BCUT2D eigenvalue weighted by Crippen LogP contribution is -3.14. The Morgan fingerprint density at radius 1 is 0.923 bits per heavy atom. The number of hydrogen-bond acceptors (Lipinski definition) is 2. The summed E-state index contributed by atoms with van der Waals surface area (Å²) in [6, 6.07) is 11.6. The van der Waals surface area contributed by atoms with Crippen LogP contribution in [-0.2, 0) is 0 Å². The molecule has 2 aromatic rings. The molecule has 0 amide bonds. The van der Waals surface area contributed by atoms with E-state index in [1.165, 1.54) is 27.9 Å². The molecule has 0 bridgehead atoms. The highest BCUT2D eigenvalue weighted by Gasteiger charge is 2.26. The second-order valence-electron chi connectivity index (χ2n) is 7.82. The van der Waals surface area contributed by atoms with E-state index in [0.29, 0.717) is 6.04 Å². The summed E-state index contributed by atoms with van der Waals surface area (Å²) in [4.78, 5) is 15.3. The van der Waals surface area contributed by atoms with E-state index in [1.54, 1.807) is 4.90 Å². The SMILES string of the molecule is Cc1ccc([C@@H](C)[NH+]2CCN(c3cc(C)c(C=O)cc3C)CC2)cc1C. The van der Waals surface area contributed by atoms with Gasteiger partial charge in [0, 0.05) is 16.8 Å². The molecule has 0 aromatic heterocycles. The summed E-state index contributed by atoms with van der Waals surface area (Å²) >= 11 is 0. The van der Waals surface area contributed by atoms with E-state index in [2.05, 4.69) is 56.9 Å². The fourth-order valence-corrected chi connectivity index (χ4v) is 4.03. The van der Waals surface area contributed by atoms with Crippen LogP contribution in [0.5, 0.6) is 0 Å². The van der Waals surface area contributed by atoms with Gasteiger partial charge in [-0.05, 0) is 75.1 Å². The van der Waals surface area contributed by atoms with Crippen LogP contribution in [0.3, 0.4) is 0 Å². The van der Waals surface area contributed by atoms with Gasteiger partial charge < -0.3 is 9.80 Å². The van der Waals surface area contributed by atoms with Crippen LogP contribution in [0.4, 0.5) is 5.69 Å². The van der Waals surface area contributed by atoms with Crippen molar-refractivity contribution < 1.29 is 9.69 Å². The number of nitrogens with zero attached hydrogens (tertiary/aromatic N) is 1. The van der Waals surface area contributed by atoms with Crippen LogP contribution < -0.4 is 9.80 Å². The molecule has 1 heterocycles. The lowest BCUT2D eigenvalue weighted by atomic mass is 10.00. The third-order valence-electron chi connectivity index (χ3n) is 6.10. The molecule has 1 saturated heterocycles. The first-order valence-corrected chi connectivity index (χ1v) is 9.63. The Balaban J connectivity index is 1.70. The van der Waals surface area contributed by atoms with Gasteiger partial charge in [0.15, 0.2) is 0 Å². The highest BCUT2D eigenvalue weighted by molar-refractivity contribution is 5.79. The van der Waals surface area contributed by atoms with Gasteiger partial charge >= 0.3 is 0 Å². The number of carbonyl (C=O) groups is 1. The fourth-order valence-electron chi connectivity index (χ4n) is 4.03. The van der Waals surface area contributed by atoms with Gasteiger partial charge in [0.05, 0.1) is 26.2 Å². The van der Waals surface area contributed by atoms with Gasteiger partial charge in [-0.25, -0.2) is 0 Å². The van der Waals surface area contributed by atoms with Gasteiger partial charge in [0.25, 0.3) is 0 Å². The summed E-state index contributed by atoms with van der Waals surface area (Å²) in [6.07, 6.45) is 0.958. The van der Waals surface area contributed by atoms with E-state index in [1.807, 2.05) is 13.0 Å². The first kappa shape index (κ1) is 18.7. The molecule has 0 spiro atoms. The lowest BCUT2D eigenvalue weighted by Gasteiger charge is -2.37. The number of anilines is 1. The number of quaternary nitrogens is 1. The highest BCUT2D eigenvalue weighted by atomic mass is 16.1. The zero-order valence-electron chi connectivity index (χ0n) is 16.7. The summed E-state index contributed by atoms with van der Waals surface area (Å²) in [5.41, 5.74) is 8.55. The van der Waals surface area contributed by atoms with Gasteiger partial charge in [0.1, 0.15) is 12.3 Å². The first-order chi connectivity index (χ1) is 12.4. The van der Waals surface area contributed by atoms with Crippen molar-refractivity contribution >= 4 is 12.0 Å². The highest BCUT2D eigenvalue weighted by Crippen LogP contribution is 2.24. The van der Waals surface area contributed by atoms with Crippen molar-refractivity contribution in [2.45, 2.75) is 40.7 Å². The normalized spacial score (nSPS) is 16.6. The molecule has 0 radical (unpaired) electrons. The Morgan fingerprint density at radius 3 is 2.23 bits per heavy atom. The van der Waals surface area contributed by atoms with Crippen LogP contribution >= 0.6 is 0 Å². The van der Waals surface area contributed by atoms with E-state index in [9.17, 15) is 4.79 Å². The first-order valence-electron chi connectivity index (χ1n) is 9.63. The van der Waals surface area contributed by atoms with Crippen LogP contribution in [-0.4, -0.2) is 32.5 Å². The fraction of sp³-hybridized carbons (Fsp3) is 0.435. The van der Waals surface area contributed by atoms with Gasteiger partial charge in [-0.15, -0.1) is 0 Å². The molecule has 26 heavy (non-hydrogen) atoms. The Bertz CT molecular complexity index is 804. The van der Waals surface area contributed by atoms with Crippen molar-refractivity contribution in [1.29, 1.82) is 0 Å². The van der Waals surface area contributed by atoms with E-state index in [4.69, 9.17) is 0 Å². The quantitative estimate of drug-likeness (QED) is 0.856. The van der Waals surface area contributed by atoms with Gasteiger partial charge in [0.2, 0.25) is 0 Å². The molecule has 3 heteroatoms. The van der Waals surface area contributed by atoms with E-state index >= 15 is 0 Å². The summed E-state index contributed by atoms with van der Waals surface area (Å²) in [7, 11) is 0. The number of piperazine rings is 1. The Kier molecular flexibility index (Phi) is 5.47. The molecule has 1 aliphatic heterocycles. The molecule has 3 nitrogen and oxygen atoms in total. The minimum atomic E-state index is 0.525. The summed E-state index contributed by atoms with van der Waals surface area (Å²) in [6.45, 7) is 15.3. The van der Waals surface area contributed by atoms with Crippen molar-refractivity contribution in [3.63, 3.8) is 0 Å². The number of aldehydes is 1. The average molecular weight is 352 g/mol. The van der Waals surface area contributed by atoms with Gasteiger partial charge in [-0.3, -0.25) is 4.79 Å². The average Bonchev–Trinajstić information content (AvgIpc) is 2.65. The van der Waals surface area contributed by atoms with Crippen molar-refractivity contribution in [1.82, 2.24) is 0 Å². The predicted octanol–water partition coefficient (Wildman–Crippen LogP) is 3.20. The van der Waals surface area contributed by atoms with Crippen molar-refractivity contribution in [3.05, 3.63) is 63.7 Å². The maximum atomic E-state index is 11.1. The minimum absolute atomic E-state index is 0.525. The smallest absolute Gasteiger partial charge is 0.150 e. The molecular formula is C23H31N2O+. The standard InChI is InChI=1S/C23H30N2O/c1-16-6-7-21(12-17(16)2)20(5)24-8-10-25(11-9-24)23-14-18(3)22(15-26)13-19(23)4/h6-7,12-15,20H,8-11H2,1-5H3/p+1/t20-/m1/s1. The molecule has 138 valence electrons. The van der Waals surface area contributed by atoms with Crippen LogP contribution in [0.15, 0.2) is 30.3 Å².